The molecule has 0 aliphatic carbocycles. The molecule has 0 saturated carbocycles. The third-order valence-electron chi connectivity index (χ3n) is 2.23. The highest BCUT2D eigenvalue weighted by Gasteiger charge is 2.10. The van der Waals surface area contributed by atoms with Crippen molar-refractivity contribution in [2.75, 3.05) is 11.9 Å². The van der Waals surface area contributed by atoms with E-state index in [4.69, 9.17) is 15.5 Å². The molecule has 0 aliphatic heterocycles. The lowest BCUT2D eigenvalue weighted by Crippen LogP contribution is -2.20. The lowest BCUT2D eigenvalue weighted by molar-refractivity contribution is -0.135. The Morgan fingerprint density at radius 3 is 2.57 bits per heavy atom. The van der Waals surface area contributed by atoms with E-state index in [1.165, 1.54) is 24.3 Å². The van der Waals surface area contributed by atoms with E-state index < -0.39 is 24.4 Å². The minimum atomic E-state index is -1.15. The van der Waals surface area contributed by atoms with Gasteiger partial charge in [0.1, 0.15) is 18.2 Å². The summed E-state index contributed by atoms with van der Waals surface area (Å²) < 4.78 is 0. The summed E-state index contributed by atoms with van der Waals surface area (Å²) in [5.74, 6) is -3.07. The predicted octanol–water partition coefficient (Wildman–Crippen LogP) is 0.405. The normalized spacial score (nSPS) is 10.3. The van der Waals surface area contributed by atoms with Crippen molar-refractivity contribution in [2.24, 2.45) is 0 Å². The van der Waals surface area contributed by atoms with E-state index in [2.05, 4.69) is 10.6 Å². The van der Waals surface area contributed by atoms with Crippen molar-refractivity contribution in [3.63, 3.8) is 0 Å². The number of nitrogens with one attached hydrogen (secondary N) is 2. The number of aliphatic carboxylic acids is 1. The van der Waals surface area contributed by atoms with Crippen LogP contribution in [0, 0.1) is 11.3 Å². The van der Waals surface area contributed by atoms with Crippen LogP contribution in [-0.2, 0) is 9.59 Å². The number of rotatable bonds is 6. The van der Waals surface area contributed by atoms with Gasteiger partial charge in [-0.1, -0.05) is 6.07 Å². The molecule has 1 amide bonds. The van der Waals surface area contributed by atoms with Crippen LogP contribution in [0.3, 0.4) is 0 Å². The second-order valence-electron chi connectivity index (χ2n) is 3.78. The number of anilines is 1. The van der Waals surface area contributed by atoms with Gasteiger partial charge in [0.25, 0.3) is 5.91 Å². The summed E-state index contributed by atoms with van der Waals surface area (Å²) >= 11 is 0. The first kappa shape index (κ1) is 15.7. The molecule has 0 radical (unpaired) electrons. The first-order valence-electron chi connectivity index (χ1n) is 5.64. The first-order valence-corrected chi connectivity index (χ1v) is 5.64. The number of carboxylic acid groups (broad SMARTS) is 2. The molecule has 1 aromatic carbocycles. The number of nitriles is 1. The smallest absolute Gasteiger partial charge is 0.335 e. The molecular formula is C13H11N3O5. The van der Waals surface area contributed by atoms with Crippen molar-refractivity contribution in [3.05, 3.63) is 41.6 Å². The summed E-state index contributed by atoms with van der Waals surface area (Å²) in [6, 6.07) is 7.11. The van der Waals surface area contributed by atoms with E-state index in [-0.39, 0.29) is 16.8 Å². The maximum Gasteiger partial charge on any atom is 0.335 e. The van der Waals surface area contributed by atoms with Crippen molar-refractivity contribution in [2.45, 2.75) is 0 Å². The molecule has 108 valence electrons. The quantitative estimate of drug-likeness (QED) is 0.439. The molecule has 4 N–H and O–H groups in total. The maximum absolute atomic E-state index is 11.8. The third-order valence-corrected chi connectivity index (χ3v) is 2.23. The van der Waals surface area contributed by atoms with Crippen LogP contribution in [0.5, 0.6) is 0 Å². The van der Waals surface area contributed by atoms with Crippen LogP contribution in [0.2, 0.25) is 0 Å². The second-order valence-corrected chi connectivity index (χ2v) is 3.78. The minimum absolute atomic E-state index is 0.0145. The monoisotopic (exact) mass is 289 g/mol. The zero-order valence-corrected chi connectivity index (χ0v) is 10.7. The van der Waals surface area contributed by atoms with Crippen LogP contribution >= 0.6 is 0 Å². The molecule has 0 atom stereocenters. The molecule has 0 fully saturated rings. The number of amides is 1. The fourth-order valence-electron chi connectivity index (χ4n) is 1.32. The van der Waals surface area contributed by atoms with Gasteiger partial charge in [-0.2, -0.15) is 5.26 Å². The SMILES string of the molecule is N#C/C(=C/NCC(=O)O)C(=O)Nc1cccc(C(=O)O)c1. The van der Waals surface area contributed by atoms with Gasteiger partial charge in [-0.05, 0) is 18.2 Å². The van der Waals surface area contributed by atoms with Gasteiger partial charge in [-0.15, -0.1) is 0 Å². The van der Waals surface area contributed by atoms with Crippen molar-refractivity contribution in [1.82, 2.24) is 5.32 Å². The highest BCUT2D eigenvalue weighted by molar-refractivity contribution is 6.06. The van der Waals surface area contributed by atoms with Crippen LogP contribution in [0.15, 0.2) is 36.0 Å². The van der Waals surface area contributed by atoms with E-state index in [0.29, 0.717) is 0 Å². The highest BCUT2D eigenvalue weighted by Crippen LogP contribution is 2.11. The predicted molar refractivity (Wildman–Crippen MR) is 71.4 cm³/mol. The number of nitrogens with zero attached hydrogens (tertiary/aromatic N) is 1. The summed E-state index contributed by atoms with van der Waals surface area (Å²) in [4.78, 5) is 32.9. The first-order chi connectivity index (χ1) is 9.93. The van der Waals surface area contributed by atoms with Gasteiger partial charge in [-0.3, -0.25) is 9.59 Å². The average Bonchev–Trinajstić information content (AvgIpc) is 2.43. The largest absolute Gasteiger partial charge is 0.480 e. The third kappa shape index (κ3) is 5.04. The zero-order valence-electron chi connectivity index (χ0n) is 10.7. The molecule has 0 unspecified atom stereocenters. The standard InChI is InChI=1S/C13H11N3O5/c14-5-9(6-15-7-11(17)18)12(19)16-10-3-1-2-8(4-10)13(20)21/h1-4,6,15H,7H2,(H,16,19)(H,17,18)(H,20,21)/b9-6-. The number of carbonyl (C=O) groups excluding carboxylic acids is 1. The Morgan fingerprint density at radius 2 is 2.00 bits per heavy atom. The summed E-state index contributed by atoms with van der Waals surface area (Å²) in [5.41, 5.74) is -0.143. The Morgan fingerprint density at radius 1 is 1.29 bits per heavy atom. The summed E-state index contributed by atoms with van der Waals surface area (Å²) in [7, 11) is 0. The van der Waals surface area contributed by atoms with Crippen LogP contribution in [0.25, 0.3) is 0 Å². The van der Waals surface area contributed by atoms with Gasteiger partial charge in [0.2, 0.25) is 0 Å². The number of hydrogen-bond donors (Lipinski definition) is 4. The van der Waals surface area contributed by atoms with Crippen LogP contribution in [0.1, 0.15) is 10.4 Å². The van der Waals surface area contributed by atoms with Gasteiger partial charge in [0, 0.05) is 11.9 Å². The molecule has 0 bridgehead atoms. The van der Waals surface area contributed by atoms with Crippen LogP contribution in [-0.4, -0.2) is 34.6 Å². The summed E-state index contributed by atoms with van der Waals surface area (Å²) in [6.07, 6.45) is 0.977. The minimum Gasteiger partial charge on any atom is -0.480 e. The molecule has 1 aromatic rings. The van der Waals surface area contributed by atoms with Crippen LogP contribution in [0.4, 0.5) is 5.69 Å². The molecule has 1 rings (SSSR count). The van der Waals surface area contributed by atoms with Crippen molar-refractivity contribution in [1.29, 1.82) is 5.26 Å². The fourth-order valence-corrected chi connectivity index (χ4v) is 1.32. The lowest BCUT2D eigenvalue weighted by atomic mass is 10.2. The summed E-state index contributed by atoms with van der Waals surface area (Å²) in [5, 5.41) is 30.7. The topological polar surface area (TPSA) is 140 Å². The Bertz CT molecular complexity index is 645. The molecule has 8 heteroatoms. The number of carbonyl (C=O) groups is 3. The van der Waals surface area contributed by atoms with Crippen molar-refractivity contribution >= 4 is 23.5 Å². The van der Waals surface area contributed by atoms with E-state index >= 15 is 0 Å². The number of aromatic carboxylic acids is 1. The van der Waals surface area contributed by atoms with E-state index in [1.807, 2.05) is 0 Å². The van der Waals surface area contributed by atoms with E-state index in [1.54, 1.807) is 6.07 Å². The van der Waals surface area contributed by atoms with Gasteiger partial charge in [-0.25, -0.2) is 4.79 Å². The summed E-state index contributed by atoms with van der Waals surface area (Å²) in [6.45, 7) is -0.438. The Kier molecular flexibility index (Phi) is 5.46. The van der Waals surface area contributed by atoms with Gasteiger partial charge >= 0.3 is 11.9 Å². The molecule has 0 saturated heterocycles. The second kappa shape index (κ2) is 7.30. The van der Waals surface area contributed by atoms with Gasteiger partial charge in [0.05, 0.1) is 5.56 Å². The van der Waals surface area contributed by atoms with Gasteiger partial charge in [0.15, 0.2) is 0 Å². The van der Waals surface area contributed by atoms with Crippen molar-refractivity contribution < 1.29 is 24.6 Å². The Balaban J connectivity index is 2.79. The molecule has 0 heterocycles. The van der Waals surface area contributed by atoms with Gasteiger partial charge < -0.3 is 20.8 Å². The van der Waals surface area contributed by atoms with E-state index in [9.17, 15) is 14.4 Å². The number of hydrogen-bond acceptors (Lipinski definition) is 5. The fraction of sp³-hybridized carbons (Fsp3) is 0.0769. The molecule has 0 spiro atoms. The number of benzene rings is 1. The molecule has 21 heavy (non-hydrogen) atoms. The lowest BCUT2D eigenvalue weighted by Gasteiger charge is -2.05. The highest BCUT2D eigenvalue weighted by atomic mass is 16.4. The Labute approximate surface area is 119 Å². The number of carboxylic acids is 2. The Hall–Kier alpha value is -3.34. The molecule has 0 aliphatic rings. The maximum atomic E-state index is 11.8. The molecular weight excluding hydrogens is 278 g/mol. The molecule has 8 nitrogen and oxygen atoms in total. The zero-order chi connectivity index (χ0) is 15.8. The van der Waals surface area contributed by atoms with E-state index in [0.717, 1.165) is 6.20 Å². The van der Waals surface area contributed by atoms with Crippen LogP contribution < -0.4 is 10.6 Å². The molecule has 0 aromatic heterocycles. The average molecular weight is 289 g/mol. The van der Waals surface area contributed by atoms with Crippen molar-refractivity contribution in [3.8, 4) is 6.07 Å².